The predicted octanol–water partition coefficient (Wildman–Crippen LogP) is 2.03. The summed E-state index contributed by atoms with van der Waals surface area (Å²) in [5, 5.41) is 1.09. The zero-order valence-corrected chi connectivity index (χ0v) is 15.3. The van der Waals surface area contributed by atoms with E-state index >= 15 is 0 Å². The molecule has 0 saturated carbocycles. The molecule has 0 unspecified atom stereocenters. The van der Waals surface area contributed by atoms with Crippen LogP contribution in [-0.2, 0) is 9.59 Å². The molecular formula is C16H11N3O6S2. The van der Waals surface area contributed by atoms with Crippen LogP contribution in [0.1, 0.15) is 5.56 Å². The van der Waals surface area contributed by atoms with E-state index in [0.717, 1.165) is 17.8 Å². The maximum atomic E-state index is 12.0. The summed E-state index contributed by atoms with van der Waals surface area (Å²) in [5.41, 5.74) is 6.31. The Morgan fingerprint density at radius 1 is 1.19 bits per heavy atom. The number of ether oxygens (including phenoxy) is 2. The van der Waals surface area contributed by atoms with E-state index in [2.05, 4.69) is 4.99 Å². The highest BCUT2D eigenvalue weighted by atomic mass is 32.2. The van der Waals surface area contributed by atoms with Crippen LogP contribution in [0, 0.1) is 0 Å². The van der Waals surface area contributed by atoms with Crippen molar-refractivity contribution in [3.8, 4) is 11.5 Å². The van der Waals surface area contributed by atoms with Gasteiger partial charge in [0, 0.05) is 6.08 Å². The molecule has 3 rings (SSSR count). The number of rotatable bonds is 4. The predicted molar refractivity (Wildman–Crippen MR) is 100 cm³/mol. The van der Waals surface area contributed by atoms with Crippen LogP contribution >= 0.6 is 23.5 Å². The number of benzene rings is 1. The van der Waals surface area contributed by atoms with E-state index in [1.807, 2.05) is 5.32 Å². The molecule has 138 valence electrons. The molecule has 1 fully saturated rings. The fraction of sp³-hybridized carbons (Fsp3) is 0.0625. The Labute approximate surface area is 161 Å². The minimum absolute atomic E-state index is 0.0528. The van der Waals surface area contributed by atoms with Crippen molar-refractivity contribution < 1.29 is 28.7 Å². The van der Waals surface area contributed by atoms with Crippen molar-refractivity contribution in [2.45, 2.75) is 0 Å². The summed E-state index contributed by atoms with van der Waals surface area (Å²) in [6.07, 6.45) is 2.58. The first kappa shape index (κ1) is 18.7. The van der Waals surface area contributed by atoms with Gasteiger partial charge < -0.3 is 15.2 Å². The number of nitrogens with one attached hydrogen (secondary N) is 1. The lowest BCUT2D eigenvalue weighted by molar-refractivity contribution is -0.129. The molecule has 9 nitrogen and oxygen atoms in total. The number of hydrogen-bond donors (Lipinski definition) is 2. The molecule has 2 aliphatic heterocycles. The molecule has 2 heterocycles. The normalized spacial score (nSPS) is 19.4. The largest absolute Gasteiger partial charge is 0.493 e. The van der Waals surface area contributed by atoms with Crippen molar-refractivity contribution in [3.63, 3.8) is 0 Å². The van der Waals surface area contributed by atoms with Gasteiger partial charge in [-0.3, -0.25) is 19.7 Å². The maximum Gasteiger partial charge on any atom is 0.337 e. The quantitative estimate of drug-likeness (QED) is 0.438. The summed E-state index contributed by atoms with van der Waals surface area (Å²) in [6.45, 7) is 0. The van der Waals surface area contributed by atoms with Crippen molar-refractivity contribution >= 4 is 57.8 Å². The highest BCUT2D eigenvalue weighted by Gasteiger charge is 2.26. The maximum absolute atomic E-state index is 12.0. The summed E-state index contributed by atoms with van der Waals surface area (Å²) < 4.78 is 10.4. The molecule has 1 saturated heterocycles. The highest BCUT2D eigenvalue weighted by molar-refractivity contribution is 8.18. The van der Waals surface area contributed by atoms with Gasteiger partial charge in [0.25, 0.3) is 11.1 Å². The van der Waals surface area contributed by atoms with Gasteiger partial charge in [-0.15, -0.1) is 0 Å². The van der Waals surface area contributed by atoms with Gasteiger partial charge in [-0.1, -0.05) is 6.07 Å². The van der Waals surface area contributed by atoms with E-state index in [-0.39, 0.29) is 22.2 Å². The van der Waals surface area contributed by atoms with Crippen LogP contribution in [0.2, 0.25) is 0 Å². The van der Waals surface area contributed by atoms with Crippen LogP contribution < -0.4 is 20.5 Å². The molecule has 11 heteroatoms. The summed E-state index contributed by atoms with van der Waals surface area (Å²) >= 11 is 1.52. The van der Waals surface area contributed by atoms with Crippen molar-refractivity contribution in [2.24, 2.45) is 10.7 Å². The third-order valence-electron chi connectivity index (χ3n) is 3.25. The lowest BCUT2D eigenvalue weighted by atomic mass is 10.2. The molecule has 1 aromatic carbocycles. The number of carbonyl (C=O) groups is 4. The van der Waals surface area contributed by atoms with Crippen LogP contribution in [0.3, 0.4) is 0 Å². The Kier molecular flexibility index (Phi) is 5.33. The SMILES string of the molecule is COc1cc(/C=C2\SC(=O)N=C2N)ccc1OC(=O)/C=C1/SC(=O)NC1=O. The zero-order chi connectivity index (χ0) is 19.6. The molecule has 0 spiro atoms. The third-order valence-corrected chi connectivity index (χ3v) is 4.87. The summed E-state index contributed by atoms with van der Waals surface area (Å²) in [4.78, 5) is 49.9. The molecule has 3 N–H and O–H groups in total. The second kappa shape index (κ2) is 7.68. The van der Waals surface area contributed by atoms with Crippen molar-refractivity contribution in [2.75, 3.05) is 7.11 Å². The number of imide groups is 1. The van der Waals surface area contributed by atoms with Crippen LogP contribution in [0.5, 0.6) is 11.5 Å². The number of methoxy groups -OCH3 is 1. The monoisotopic (exact) mass is 405 g/mol. The smallest absolute Gasteiger partial charge is 0.337 e. The Bertz CT molecular complexity index is 967. The molecular weight excluding hydrogens is 394 g/mol. The molecule has 3 amide bonds. The standard InChI is InChI=1S/C16H11N3O6S2/c1-24-9-4-7(5-10-13(17)18-15(22)26-10)2-3-8(9)25-12(20)6-11-14(21)19-16(23)27-11/h2-6H,1H3,(H2,17,18,22)(H,19,21,23)/b10-5-,11-6+. The molecule has 2 aliphatic rings. The fourth-order valence-corrected chi connectivity index (χ4v) is 3.42. The number of nitrogens with zero attached hydrogens (tertiary/aromatic N) is 1. The van der Waals surface area contributed by atoms with Crippen LogP contribution in [0.25, 0.3) is 6.08 Å². The number of hydrogen-bond acceptors (Lipinski definition) is 9. The van der Waals surface area contributed by atoms with Crippen molar-refractivity contribution in [1.82, 2.24) is 5.32 Å². The number of aliphatic imine (C=N–C) groups is 1. The molecule has 0 bridgehead atoms. The number of esters is 1. The second-order valence-corrected chi connectivity index (χ2v) is 7.07. The average Bonchev–Trinajstić information content (AvgIpc) is 3.09. The van der Waals surface area contributed by atoms with Gasteiger partial charge in [-0.05, 0) is 47.3 Å². The van der Waals surface area contributed by atoms with Gasteiger partial charge >= 0.3 is 11.2 Å². The molecule has 0 radical (unpaired) electrons. The first-order valence-electron chi connectivity index (χ1n) is 7.28. The number of amidine groups is 1. The minimum atomic E-state index is -0.833. The zero-order valence-electron chi connectivity index (χ0n) is 13.7. The number of thioether (sulfide) groups is 2. The summed E-state index contributed by atoms with van der Waals surface area (Å²) in [5.74, 6) is -0.986. The van der Waals surface area contributed by atoms with Crippen molar-refractivity contribution in [1.29, 1.82) is 0 Å². The molecule has 0 aliphatic carbocycles. The number of amides is 3. The Morgan fingerprint density at radius 3 is 2.56 bits per heavy atom. The van der Waals surface area contributed by atoms with E-state index in [0.29, 0.717) is 22.2 Å². The Hall–Kier alpha value is -3.05. The minimum Gasteiger partial charge on any atom is -0.493 e. The third kappa shape index (κ3) is 4.38. The van der Waals surface area contributed by atoms with Gasteiger partial charge in [0.1, 0.15) is 5.84 Å². The van der Waals surface area contributed by atoms with E-state index in [1.165, 1.54) is 13.2 Å². The fourth-order valence-electron chi connectivity index (χ4n) is 2.10. The van der Waals surface area contributed by atoms with Crippen molar-refractivity contribution in [3.05, 3.63) is 39.6 Å². The van der Waals surface area contributed by atoms with Gasteiger partial charge in [-0.25, -0.2) is 4.79 Å². The summed E-state index contributed by atoms with van der Waals surface area (Å²) in [7, 11) is 1.39. The van der Waals surface area contributed by atoms with Gasteiger partial charge in [0.2, 0.25) is 0 Å². The summed E-state index contributed by atoms with van der Waals surface area (Å²) in [6, 6.07) is 4.70. The van der Waals surface area contributed by atoms with E-state index < -0.39 is 22.4 Å². The molecule has 0 atom stereocenters. The van der Waals surface area contributed by atoms with E-state index in [9.17, 15) is 19.2 Å². The first-order valence-corrected chi connectivity index (χ1v) is 8.92. The van der Waals surface area contributed by atoms with Crippen LogP contribution in [-0.4, -0.2) is 35.3 Å². The average molecular weight is 405 g/mol. The highest BCUT2D eigenvalue weighted by Crippen LogP contribution is 2.32. The molecule has 0 aromatic heterocycles. The van der Waals surface area contributed by atoms with Gasteiger partial charge in [0.05, 0.1) is 16.9 Å². The van der Waals surface area contributed by atoms with E-state index in [1.54, 1.807) is 18.2 Å². The lowest BCUT2D eigenvalue weighted by Crippen LogP contribution is -2.18. The Morgan fingerprint density at radius 2 is 1.96 bits per heavy atom. The lowest BCUT2D eigenvalue weighted by Gasteiger charge is -2.09. The first-order chi connectivity index (χ1) is 12.9. The Balaban J connectivity index is 1.78. The topological polar surface area (TPSA) is 137 Å². The van der Waals surface area contributed by atoms with Crippen LogP contribution in [0.15, 0.2) is 39.1 Å². The van der Waals surface area contributed by atoms with Gasteiger partial charge in [-0.2, -0.15) is 4.99 Å². The molecule has 1 aromatic rings. The number of nitrogens with two attached hydrogens (primary N) is 1. The second-order valence-electron chi connectivity index (χ2n) is 5.06. The van der Waals surface area contributed by atoms with Gasteiger partial charge in [0.15, 0.2) is 11.5 Å². The molecule has 27 heavy (non-hydrogen) atoms. The number of carbonyl (C=O) groups excluding carboxylic acids is 4. The van der Waals surface area contributed by atoms with Crippen LogP contribution in [0.4, 0.5) is 9.59 Å². The van der Waals surface area contributed by atoms with E-state index in [4.69, 9.17) is 15.2 Å².